The maximum absolute atomic E-state index is 11.9. The van der Waals surface area contributed by atoms with Crippen molar-refractivity contribution in [3.05, 3.63) is 65.0 Å². The predicted molar refractivity (Wildman–Crippen MR) is 101 cm³/mol. The smallest absolute Gasteiger partial charge is 0.339 e. The minimum absolute atomic E-state index is 0.337. The van der Waals surface area contributed by atoms with Gasteiger partial charge in [0.1, 0.15) is 0 Å². The molecular formula is C20H24N4O2. The maximum Gasteiger partial charge on any atom is 0.339 e. The molecule has 0 aliphatic heterocycles. The second-order valence-electron chi connectivity index (χ2n) is 6.37. The van der Waals surface area contributed by atoms with E-state index in [0.29, 0.717) is 24.0 Å². The van der Waals surface area contributed by atoms with E-state index in [2.05, 4.69) is 27.4 Å². The molecule has 1 heterocycles. The van der Waals surface area contributed by atoms with E-state index in [1.807, 2.05) is 18.2 Å². The number of carbonyl (C=O) groups is 1. The monoisotopic (exact) mass is 352 g/mol. The van der Waals surface area contributed by atoms with Gasteiger partial charge in [-0.05, 0) is 37.0 Å². The van der Waals surface area contributed by atoms with Crippen LogP contribution in [0.5, 0.6) is 0 Å². The van der Waals surface area contributed by atoms with Crippen molar-refractivity contribution in [1.82, 2.24) is 10.3 Å². The summed E-state index contributed by atoms with van der Waals surface area (Å²) in [6, 6.07) is 13.8. The summed E-state index contributed by atoms with van der Waals surface area (Å²) in [5.74, 6) is 0.415. The summed E-state index contributed by atoms with van der Waals surface area (Å²) in [7, 11) is 1.39. The quantitative estimate of drug-likeness (QED) is 0.454. The molecule has 3 N–H and O–H groups in total. The van der Waals surface area contributed by atoms with E-state index in [1.165, 1.54) is 12.7 Å². The Morgan fingerprint density at radius 2 is 2.04 bits per heavy atom. The highest BCUT2D eigenvalue weighted by Gasteiger charge is 2.30. The number of rotatable bonds is 7. The molecule has 1 fully saturated rings. The fourth-order valence-corrected chi connectivity index (χ4v) is 2.76. The first-order valence-corrected chi connectivity index (χ1v) is 8.83. The molecule has 136 valence electrons. The molecule has 6 nitrogen and oxygen atoms in total. The molecule has 1 aromatic carbocycles. The number of hydrogen-bond acceptors (Lipinski definition) is 4. The Kier molecular flexibility index (Phi) is 5.84. The van der Waals surface area contributed by atoms with Gasteiger partial charge in [0.05, 0.1) is 30.6 Å². The maximum atomic E-state index is 11.9. The van der Waals surface area contributed by atoms with Gasteiger partial charge in [-0.25, -0.2) is 9.79 Å². The first-order chi connectivity index (χ1) is 12.7. The summed E-state index contributed by atoms with van der Waals surface area (Å²) in [6.45, 7) is 1.10. The Labute approximate surface area is 153 Å². The van der Waals surface area contributed by atoms with Crippen molar-refractivity contribution in [2.75, 3.05) is 13.7 Å². The second-order valence-corrected chi connectivity index (χ2v) is 6.37. The number of aliphatic imine (C=N–C) groups is 1. The highest BCUT2D eigenvalue weighted by Crippen LogP contribution is 2.40. The number of benzene rings is 1. The van der Waals surface area contributed by atoms with Crippen LogP contribution in [0.3, 0.4) is 0 Å². The van der Waals surface area contributed by atoms with Crippen molar-refractivity contribution in [3.63, 3.8) is 0 Å². The Morgan fingerprint density at radius 1 is 1.27 bits per heavy atom. The van der Waals surface area contributed by atoms with E-state index in [0.717, 1.165) is 37.2 Å². The molecule has 0 amide bonds. The molecule has 3 rings (SSSR count). The lowest BCUT2D eigenvalue weighted by atomic mass is 10.1. The van der Waals surface area contributed by atoms with E-state index >= 15 is 0 Å². The number of nitrogens with one attached hydrogen (secondary N) is 1. The molecule has 0 unspecified atom stereocenters. The lowest BCUT2D eigenvalue weighted by molar-refractivity contribution is 0.0598. The first-order valence-electron chi connectivity index (χ1n) is 8.83. The van der Waals surface area contributed by atoms with Gasteiger partial charge in [0.2, 0.25) is 0 Å². The molecule has 1 saturated carbocycles. The van der Waals surface area contributed by atoms with E-state index in [-0.39, 0.29) is 5.97 Å². The molecule has 0 spiro atoms. The summed E-state index contributed by atoms with van der Waals surface area (Å²) < 4.78 is 4.84. The molecule has 0 bridgehead atoms. The Morgan fingerprint density at radius 3 is 2.73 bits per heavy atom. The second kappa shape index (κ2) is 8.47. The van der Waals surface area contributed by atoms with Gasteiger partial charge in [-0.1, -0.05) is 30.3 Å². The van der Waals surface area contributed by atoms with Gasteiger partial charge in [0.25, 0.3) is 0 Å². The Balaban J connectivity index is 1.57. The van der Waals surface area contributed by atoms with E-state index in [4.69, 9.17) is 10.5 Å². The van der Waals surface area contributed by atoms with Crippen LogP contribution in [-0.2, 0) is 17.7 Å². The van der Waals surface area contributed by atoms with Gasteiger partial charge in [-0.15, -0.1) is 0 Å². The van der Waals surface area contributed by atoms with Gasteiger partial charge in [-0.3, -0.25) is 4.98 Å². The molecule has 0 saturated heterocycles. The largest absolute Gasteiger partial charge is 0.465 e. The highest BCUT2D eigenvalue weighted by atomic mass is 16.5. The summed E-state index contributed by atoms with van der Waals surface area (Å²) in [5, 5.41) is 3.12. The lowest BCUT2D eigenvalue weighted by Gasteiger charge is -2.09. The summed E-state index contributed by atoms with van der Waals surface area (Å²) in [6.07, 6.45) is 3.01. The van der Waals surface area contributed by atoms with Gasteiger partial charge in [0.15, 0.2) is 5.96 Å². The van der Waals surface area contributed by atoms with Crippen LogP contribution in [0.2, 0.25) is 0 Å². The Hall–Kier alpha value is -2.89. The number of aromatic nitrogens is 1. The molecule has 26 heavy (non-hydrogen) atoms. The fourth-order valence-electron chi connectivity index (χ4n) is 2.76. The SMILES string of the molecule is COC(=O)c1ccc(CN=C(N)NCCc2ccccc2)nc1C1CC1. The van der Waals surface area contributed by atoms with Crippen LogP contribution < -0.4 is 11.1 Å². The van der Waals surface area contributed by atoms with Crippen molar-refractivity contribution in [2.24, 2.45) is 10.7 Å². The van der Waals surface area contributed by atoms with Crippen molar-refractivity contribution in [2.45, 2.75) is 31.7 Å². The van der Waals surface area contributed by atoms with Crippen molar-refractivity contribution >= 4 is 11.9 Å². The molecule has 1 aliphatic carbocycles. The molecule has 0 radical (unpaired) electrons. The number of methoxy groups -OCH3 is 1. The van der Waals surface area contributed by atoms with Crippen molar-refractivity contribution < 1.29 is 9.53 Å². The molecule has 0 atom stereocenters. The average Bonchev–Trinajstić information content (AvgIpc) is 3.51. The van der Waals surface area contributed by atoms with Crippen LogP contribution in [0.4, 0.5) is 0 Å². The minimum atomic E-state index is -0.337. The molecular weight excluding hydrogens is 328 g/mol. The summed E-state index contributed by atoms with van der Waals surface area (Å²) in [4.78, 5) is 20.8. The van der Waals surface area contributed by atoms with Gasteiger partial charge in [-0.2, -0.15) is 0 Å². The van der Waals surface area contributed by atoms with Crippen LogP contribution in [-0.4, -0.2) is 30.6 Å². The Bertz CT molecular complexity index is 786. The van der Waals surface area contributed by atoms with Crippen LogP contribution in [0.25, 0.3) is 0 Å². The van der Waals surface area contributed by atoms with E-state index < -0.39 is 0 Å². The minimum Gasteiger partial charge on any atom is -0.465 e. The number of carbonyl (C=O) groups excluding carboxylic acids is 1. The summed E-state index contributed by atoms with van der Waals surface area (Å²) >= 11 is 0. The van der Waals surface area contributed by atoms with Gasteiger partial charge < -0.3 is 15.8 Å². The molecule has 1 aromatic heterocycles. The fraction of sp³-hybridized carbons (Fsp3) is 0.350. The van der Waals surface area contributed by atoms with Crippen LogP contribution in [0.15, 0.2) is 47.5 Å². The number of hydrogen-bond donors (Lipinski definition) is 2. The number of pyridine rings is 1. The van der Waals surface area contributed by atoms with Crippen molar-refractivity contribution in [1.29, 1.82) is 0 Å². The van der Waals surface area contributed by atoms with E-state index in [1.54, 1.807) is 12.1 Å². The number of nitrogens with zero attached hydrogens (tertiary/aromatic N) is 2. The molecule has 1 aliphatic rings. The van der Waals surface area contributed by atoms with Crippen LogP contribution in [0.1, 0.15) is 46.1 Å². The highest BCUT2D eigenvalue weighted by molar-refractivity contribution is 5.90. The van der Waals surface area contributed by atoms with Crippen LogP contribution in [0, 0.1) is 0 Å². The topological polar surface area (TPSA) is 89.6 Å². The predicted octanol–water partition coefficient (Wildman–Crippen LogP) is 2.39. The number of esters is 1. The van der Waals surface area contributed by atoms with Gasteiger partial charge >= 0.3 is 5.97 Å². The third-order valence-electron chi connectivity index (χ3n) is 4.33. The number of nitrogens with two attached hydrogens (primary N) is 1. The third-order valence-corrected chi connectivity index (χ3v) is 4.33. The molecule has 6 heteroatoms. The summed E-state index contributed by atoms with van der Waals surface area (Å²) in [5.41, 5.74) is 9.35. The van der Waals surface area contributed by atoms with Gasteiger partial charge in [0, 0.05) is 12.5 Å². The van der Waals surface area contributed by atoms with Crippen molar-refractivity contribution in [3.8, 4) is 0 Å². The number of ether oxygens (including phenoxy) is 1. The zero-order valence-electron chi connectivity index (χ0n) is 14.9. The standard InChI is InChI=1S/C20H24N4O2/c1-26-19(25)17-10-9-16(24-18(17)15-7-8-15)13-23-20(21)22-12-11-14-5-3-2-4-6-14/h2-6,9-10,15H,7-8,11-13H2,1H3,(H3,21,22,23). The van der Waals surface area contributed by atoms with E-state index in [9.17, 15) is 4.79 Å². The first kappa shape index (κ1) is 17.9. The lowest BCUT2D eigenvalue weighted by Crippen LogP contribution is -2.33. The zero-order chi connectivity index (χ0) is 18.4. The normalized spacial score (nSPS) is 14.1. The number of guanidine groups is 1. The average molecular weight is 352 g/mol. The van der Waals surface area contributed by atoms with Crippen LogP contribution >= 0.6 is 0 Å². The zero-order valence-corrected chi connectivity index (χ0v) is 14.9. The third kappa shape index (κ3) is 4.81. The molecule has 2 aromatic rings.